The number of carbonyl (C=O) groups excluding carboxylic acids is 1. The molecule has 0 aromatic rings. The fourth-order valence-electron chi connectivity index (χ4n) is 1.09. The van der Waals surface area contributed by atoms with Crippen molar-refractivity contribution >= 4 is 6.29 Å². The lowest BCUT2D eigenvalue weighted by Crippen LogP contribution is -2.24. The Morgan fingerprint density at radius 1 is 1.46 bits per heavy atom. The fraction of sp³-hybridized carbons (Fsp3) is 0.700. The van der Waals surface area contributed by atoms with Gasteiger partial charge in [0.05, 0.1) is 6.61 Å². The molecule has 76 valence electrons. The smallest absolute Gasteiger partial charge is 0.147 e. The van der Waals surface area contributed by atoms with Crippen LogP contribution >= 0.6 is 0 Å². The maximum Gasteiger partial charge on any atom is 0.147 e. The Hall–Kier alpha value is -0.670. The number of aldehydes is 1. The van der Waals surface area contributed by atoms with E-state index in [1.54, 1.807) is 0 Å². The lowest BCUT2D eigenvalue weighted by molar-refractivity contribution is -0.105. The van der Waals surface area contributed by atoms with Crippen LogP contribution in [0.5, 0.6) is 0 Å². The number of carbonyl (C=O) groups is 1. The van der Waals surface area contributed by atoms with Crippen LogP contribution < -0.4 is 0 Å². The molecule has 0 aromatic carbocycles. The Morgan fingerprint density at radius 3 is 2.15 bits per heavy atom. The zero-order chi connectivity index (χ0) is 10.1. The van der Waals surface area contributed by atoms with Gasteiger partial charge in [-0.05, 0) is 33.0 Å². The summed E-state index contributed by atoms with van der Waals surface area (Å²) < 4.78 is 0. The van der Waals surface area contributed by atoms with Gasteiger partial charge in [0.1, 0.15) is 6.29 Å². The average molecular weight is 185 g/mol. The third-order valence-electron chi connectivity index (χ3n) is 1.95. The minimum atomic E-state index is -0.233. The molecule has 0 aromatic heterocycles. The molecule has 3 heteroatoms. The molecular formula is C10H19NO2. The molecule has 1 saturated heterocycles. The third kappa shape index (κ3) is 7.68. The molecule has 1 N–H and O–H groups in total. The van der Waals surface area contributed by atoms with Gasteiger partial charge >= 0.3 is 0 Å². The van der Waals surface area contributed by atoms with Gasteiger partial charge in [-0.25, -0.2) is 0 Å². The standard InChI is InChI=1S/C6H13N.C4H6O2/c1-7-5-3-2-4-6-7;1-4(2-5)3-6/h2-6H2,1H3;2,6H,1,3H2. The first-order valence-corrected chi connectivity index (χ1v) is 4.63. The average Bonchev–Trinajstić information content (AvgIpc) is 2.19. The van der Waals surface area contributed by atoms with Crippen molar-refractivity contribution in [1.82, 2.24) is 4.90 Å². The van der Waals surface area contributed by atoms with E-state index in [2.05, 4.69) is 18.5 Å². The second-order valence-electron chi connectivity index (χ2n) is 3.30. The number of piperidine rings is 1. The monoisotopic (exact) mass is 185 g/mol. The lowest BCUT2D eigenvalue weighted by atomic mass is 10.1. The number of hydrogen-bond donors (Lipinski definition) is 1. The van der Waals surface area contributed by atoms with Gasteiger partial charge in [-0.15, -0.1) is 0 Å². The van der Waals surface area contributed by atoms with Crippen LogP contribution in [0.25, 0.3) is 0 Å². The van der Waals surface area contributed by atoms with Crippen molar-refractivity contribution in [3.05, 3.63) is 12.2 Å². The van der Waals surface area contributed by atoms with Crippen molar-refractivity contribution in [2.75, 3.05) is 26.7 Å². The molecular weight excluding hydrogens is 166 g/mol. The molecule has 0 amide bonds. The van der Waals surface area contributed by atoms with Crippen LogP contribution in [0.2, 0.25) is 0 Å². The summed E-state index contributed by atoms with van der Waals surface area (Å²) in [4.78, 5) is 11.9. The number of likely N-dealkylation sites (tertiary alicyclic amines) is 1. The van der Waals surface area contributed by atoms with Gasteiger partial charge in [0.25, 0.3) is 0 Å². The van der Waals surface area contributed by atoms with Crippen LogP contribution in [-0.2, 0) is 4.79 Å². The van der Waals surface area contributed by atoms with Gasteiger partial charge in [-0.2, -0.15) is 0 Å². The Balaban J connectivity index is 0.000000226. The van der Waals surface area contributed by atoms with E-state index >= 15 is 0 Å². The number of aliphatic hydroxyl groups is 1. The normalized spacial score (nSPS) is 17.1. The molecule has 1 heterocycles. The van der Waals surface area contributed by atoms with Gasteiger partial charge in [-0.1, -0.05) is 13.0 Å². The second-order valence-corrected chi connectivity index (χ2v) is 3.30. The molecule has 1 aliphatic heterocycles. The predicted octanol–water partition coefficient (Wildman–Crippen LogP) is 0.836. The Morgan fingerprint density at radius 2 is 2.00 bits per heavy atom. The summed E-state index contributed by atoms with van der Waals surface area (Å²) in [6.45, 7) is 5.58. The van der Waals surface area contributed by atoms with Gasteiger partial charge in [-0.3, -0.25) is 4.79 Å². The van der Waals surface area contributed by atoms with Crippen molar-refractivity contribution in [2.24, 2.45) is 0 Å². The van der Waals surface area contributed by atoms with Crippen LogP contribution in [0.3, 0.4) is 0 Å². The summed E-state index contributed by atoms with van der Waals surface area (Å²) in [5.41, 5.74) is 0.218. The van der Waals surface area contributed by atoms with Gasteiger partial charge < -0.3 is 10.0 Å². The third-order valence-corrected chi connectivity index (χ3v) is 1.95. The molecule has 0 bridgehead atoms. The molecule has 1 aliphatic rings. The summed E-state index contributed by atoms with van der Waals surface area (Å²) in [5, 5.41) is 8.00. The molecule has 1 rings (SSSR count). The molecule has 0 unspecified atom stereocenters. The van der Waals surface area contributed by atoms with Crippen LogP contribution in [-0.4, -0.2) is 43.0 Å². The van der Waals surface area contributed by atoms with E-state index in [0.29, 0.717) is 6.29 Å². The minimum Gasteiger partial charge on any atom is -0.392 e. The molecule has 1 fully saturated rings. The molecule has 13 heavy (non-hydrogen) atoms. The van der Waals surface area contributed by atoms with E-state index in [4.69, 9.17) is 5.11 Å². The van der Waals surface area contributed by atoms with Crippen LogP contribution in [0.15, 0.2) is 12.2 Å². The summed E-state index contributed by atoms with van der Waals surface area (Å²) >= 11 is 0. The van der Waals surface area contributed by atoms with E-state index in [-0.39, 0.29) is 12.2 Å². The van der Waals surface area contributed by atoms with Crippen LogP contribution in [0, 0.1) is 0 Å². The maximum absolute atomic E-state index is 9.48. The van der Waals surface area contributed by atoms with E-state index < -0.39 is 0 Å². The van der Waals surface area contributed by atoms with Gasteiger partial charge in [0.15, 0.2) is 0 Å². The molecule has 0 atom stereocenters. The zero-order valence-electron chi connectivity index (χ0n) is 8.33. The first-order valence-electron chi connectivity index (χ1n) is 4.63. The lowest BCUT2D eigenvalue weighted by Gasteiger charge is -2.20. The highest BCUT2D eigenvalue weighted by molar-refractivity contribution is 5.72. The van der Waals surface area contributed by atoms with Crippen molar-refractivity contribution < 1.29 is 9.90 Å². The van der Waals surface area contributed by atoms with E-state index in [9.17, 15) is 4.79 Å². The van der Waals surface area contributed by atoms with Gasteiger partial charge in [0, 0.05) is 5.57 Å². The van der Waals surface area contributed by atoms with Crippen molar-refractivity contribution in [2.45, 2.75) is 19.3 Å². The van der Waals surface area contributed by atoms with Gasteiger partial charge in [0.2, 0.25) is 0 Å². The minimum absolute atomic E-state index is 0.218. The quantitative estimate of drug-likeness (QED) is 0.512. The molecule has 3 nitrogen and oxygen atoms in total. The fourth-order valence-corrected chi connectivity index (χ4v) is 1.09. The second kappa shape index (κ2) is 7.95. The number of nitrogens with zero attached hydrogens (tertiary/aromatic N) is 1. The summed E-state index contributed by atoms with van der Waals surface area (Å²) in [6, 6.07) is 0. The van der Waals surface area contributed by atoms with Crippen LogP contribution in [0.1, 0.15) is 19.3 Å². The Bertz CT molecular complexity index is 151. The van der Waals surface area contributed by atoms with E-state index in [0.717, 1.165) is 0 Å². The zero-order valence-corrected chi connectivity index (χ0v) is 8.33. The Labute approximate surface area is 80.0 Å². The first-order chi connectivity index (χ1) is 6.20. The molecule has 0 saturated carbocycles. The van der Waals surface area contributed by atoms with E-state index in [1.807, 2.05) is 0 Å². The largest absolute Gasteiger partial charge is 0.392 e. The van der Waals surface area contributed by atoms with E-state index in [1.165, 1.54) is 32.4 Å². The highest BCUT2D eigenvalue weighted by Gasteiger charge is 2.02. The highest BCUT2D eigenvalue weighted by atomic mass is 16.3. The van der Waals surface area contributed by atoms with Crippen molar-refractivity contribution in [3.8, 4) is 0 Å². The topological polar surface area (TPSA) is 40.5 Å². The summed E-state index contributed by atoms with van der Waals surface area (Å²) in [7, 11) is 2.19. The van der Waals surface area contributed by atoms with Crippen LogP contribution in [0.4, 0.5) is 0 Å². The Kier molecular flexibility index (Phi) is 7.54. The number of hydrogen-bond acceptors (Lipinski definition) is 3. The predicted molar refractivity (Wildman–Crippen MR) is 53.6 cm³/mol. The molecule has 0 spiro atoms. The molecule has 0 radical (unpaired) electrons. The highest BCUT2D eigenvalue weighted by Crippen LogP contribution is 2.04. The first kappa shape index (κ1) is 12.3. The summed E-state index contributed by atoms with van der Waals surface area (Å²) in [6.07, 6.45) is 4.80. The number of aliphatic hydroxyl groups excluding tert-OH is 1. The summed E-state index contributed by atoms with van der Waals surface area (Å²) in [5.74, 6) is 0. The number of rotatable bonds is 2. The van der Waals surface area contributed by atoms with Crippen molar-refractivity contribution in [1.29, 1.82) is 0 Å². The van der Waals surface area contributed by atoms with Crippen molar-refractivity contribution in [3.63, 3.8) is 0 Å². The maximum atomic E-state index is 9.48. The molecule has 0 aliphatic carbocycles. The SMILES string of the molecule is C=C(C=O)CO.CN1CCCCC1.